The van der Waals surface area contributed by atoms with Crippen LogP contribution in [0.5, 0.6) is 5.75 Å². The minimum Gasteiger partial charge on any atom is -0.376 e. The van der Waals surface area contributed by atoms with Crippen molar-refractivity contribution in [1.82, 2.24) is 0 Å². The Morgan fingerprint density at radius 1 is 0.926 bits per heavy atom. The molecule has 0 heterocycles. The van der Waals surface area contributed by atoms with E-state index in [1.54, 1.807) is 0 Å². The van der Waals surface area contributed by atoms with Gasteiger partial charge in [0.1, 0.15) is 4.90 Å². The monoisotopic (exact) mass is 452 g/mol. The quantitative estimate of drug-likeness (QED) is 0.429. The fourth-order valence-corrected chi connectivity index (χ4v) is 3.92. The molecule has 0 N–H and O–H groups in total. The van der Waals surface area contributed by atoms with Gasteiger partial charge >= 0.3 is 22.5 Å². The second kappa shape index (κ2) is 7.40. The van der Waals surface area contributed by atoms with Gasteiger partial charge in [-0.3, -0.25) is 0 Å². The van der Waals surface area contributed by atoms with Gasteiger partial charge in [-0.15, -0.1) is 0 Å². The number of alkyl halides is 6. The molecule has 0 fully saturated rings. The summed E-state index contributed by atoms with van der Waals surface area (Å²) in [6.45, 7) is 0. The van der Waals surface area contributed by atoms with Crippen LogP contribution < -0.4 is 4.18 Å². The summed E-state index contributed by atoms with van der Waals surface area (Å²) in [4.78, 5) is -0.811. The average molecular weight is 453 g/mol. The van der Waals surface area contributed by atoms with Crippen molar-refractivity contribution in [2.45, 2.75) is 23.7 Å². The number of halogens is 8. The summed E-state index contributed by atoms with van der Waals surface area (Å²) < 4.78 is 105. The van der Waals surface area contributed by atoms with Gasteiger partial charge in [-0.25, -0.2) is 0 Å². The van der Waals surface area contributed by atoms with Crippen molar-refractivity contribution in [3.63, 3.8) is 0 Å². The van der Waals surface area contributed by atoms with E-state index in [0.29, 0.717) is 12.1 Å². The zero-order chi connectivity index (χ0) is 20.6. The molecular weight excluding hydrogens is 445 g/mol. The molecule has 2 aromatic carbocycles. The minimum absolute atomic E-state index is 0.389. The summed E-state index contributed by atoms with van der Waals surface area (Å²) in [5.74, 6) is -0.826. The minimum atomic E-state index is -4.86. The van der Waals surface area contributed by atoms with Gasteiger partial charge in [-0.05, 0) is 23.8 Å². The van der Waals surface area contributed by atoms with Gasteiger partial charge in [0.25, 0.3) is 0 Å². The molecule has 0 aliphatic carbocycles. The van der Waals surface area contributed by atoms with Crippen LogP contribution in [0.1, 0.15) is 11.1 Å². The first-order valence-corrected chi connectivity index (χ1v) is 9.02. The third-order valence-corrected chi connectivity index (χ3v) is 5.04. The molecule has 0 unspecified atom stereocenters. The molecule has 12 heteroatoms. The Morgan fingerprint density at radius 2 is 1.44 bits per heavy atom. The largest absolute Gasteiger partial charge is 0.416 e. The lowest BCUT2D eigenvalue weighted by molar-refractivity contribution is -0.137. The Hall–Kier alpha value is -1.65. The molecule has 0 bridgehead atoms. The van der Waals surface area contributed by atoms with Crippen molar-refractivity contribution in [3.8, 4) is 5.75 Å². The summed E-state index contributed by atoms with van der Waals surface area (Å²) in [5.41, 5.74) is -1.86. The molecule has 0 radical (unpaired) electrons. The maximum Gasteiger partial charge on any atom is 0.416 e. The molecule has 0 aliphatic rings. The zero-order valence-corrected chi connectivity index (χ0v) is 15.2. The fraction of sp³-hybridized carbons (Fsp3) is 0.200. The van der Waals surface area contributed by atoms with Crippen LogP contribution in [0.25, 0.3) is 0 Å². The van der Waals surface area contributed by atoms with Gasteiger partial charge in [-0.2, -0.15) is 34.8 Å². The first-order valence-electron chi connectivity index (χ1n) is 6.86. The summed E-state index contributed by atoms with van der Waals surface area (Å²) in [5, 5.41) is -1.54. The number of rotatable bonds is 4. The summed E-state index contributed by atoms with van der Waals surface area (Å²) in [6, 6.07) is 4.92. The Labute approximate surface area is 159 Å². The smallest absolute Gasteiger partial charge is 0.376 e. The first kappa shape index (κ1) is 21.6. The van der Waals surface area contributed by atoms with Crippen molar-refractivity contribution in [1.29, 1.82) is 0 Å². The van der Waals surface area contributed by atoms with Crippen molar-refractivity contribution < 1.29 is 38.9 Å². The second-order valence-electron chi connectivity index (χ2n) is 5.20. The van der Waals surface area contributed by atoms with Gasteiger partial charge in [-0.1, -0.05) is 41.4 Å². The van der Waals surface area contributed by atoms with Crippen LogP contribution in [0.4, 0.5) is 26.3 Å². The van der Waals surface area contributed by atoms with Crippen molar-refractivity contribution >= 4 is 33.3 Å². The van der Waals surface area contributed by atoms with Gasteiger partial charge in [0.15, 0.2) is 5.75 Å². The lowest BCUT2D eigenvalue weighted by atomic mass is 10.1. The van der Waals surface area contributed by atoms with Gasteiger partial charge < -0.3 is 4.18 Å². The maximum atomic E-state index is 12.7. The van der Waals surface area contributed by atoms with Crippen LogP contribution in [-0.2, 0) is 22.7 Å². The zero-order valence-electron chi connectivity index (χ0n) is 12.8. The van der Waals surface area contributed by atoms with E-state index < -0.39 is 60.7 Å². The Bertz CT molecular complexity index is 932. The first-order chi connectivity index (χ1) is 12.2. The molecule has 0 aliphatic heterocycles. The molecular formula is C15H8Cl2F6O3S. The lowest BCUT2D eigenvalue weighted by Gasteiger charge is -2.15. The van der Waals surface area contributed by atoms with Gasteiger partial charge in [0.2, 0.25) is 0 Å². The van der Waals surface area contributed by atoms with E-state index in [-0.39, 0.29) is 0 Å². The molecule has 3 nitrogen and oxygen atoms in total. The maximum absolute atomic E-state index is 12.7. The van der Waals surface area contributed by atoms with Crippen LogP contribution in [-0.4, -0.2) is 14.6 Å². The third kappa shape index (κ3) is 5.43. The SMILES string of the molecule is O=S(=O)(Oc1c(Cl)cc(C(F)(F)F)cc1Cl)c1ccccc1CC(F)(F)F. The fourth-order valence-electron chi connectivity index (χ4n) is 2.07. The average Bonchev–Trinajstić information content (AvgIpc) is 2.48. The topological polar surface area (TPSA) is 43.4 Å². The standard InChI is InChI=1S/C15H8Cl2F6O3S/c16-10-5-9(15(21,22)23)6-11(17)13(10)26-27(24,25)12-4-2-1-3-8(12)7-14(18,19)20/h1-6H,7H2. The summed E-state index contributed by atoms with van der Waals surface area (Å²) >= 11 is 11.3. The van der Waals surface area contributed by atoms with Crippen molar-refractivity contribution in [2.75, 3.05) is 0 Å². The number of hydrogen-bond acceptors (Lipinski definition) is 3. The molecule has 148 valence electrons. The van der Waals surface area contributed by atoms with E-state index in [0.717, 1.165) is 18.2 Å². The molecule has 2 aromatic rings. The Balaban J connectivity index is 2.47. The van der Waals surface area contributed by atoms with E-state index in [1.165, 1.54) is 6.07 Å². The number of benzene rings is 2. The Kier molecular flexibility index (Phi) is 5.93. The highest BCUT2D eigenvalue weighted by Gasteiger charge is 2.34. The summed E-state index contributed by atoms with van der Waals surface area (Å²) in [6.07, 6.45) is -11.1. The van der Waals surface area contributed by atoms with E-state index in [2.05, 4.69) is 4.18 Å². The highest BCUT2D eigenvalue weighted by atomic mass is 35.5. The van der Waals surface area contributed by atoms with Crippen LogP contribution >= 0.6 is 23.2 Å². The van der Waals surface area contributed by atoms with Crippen LogP contribution in [0.3, 0.4) is 0 Å². The Morgan fingerprint density at radius 3 is 1.93 bits per heavy atom. The normalized spacial score (nSPS) is 12.9. The highest BCUT2D eigenvalue weighted by molar-refractivity contribution is 7.87. The number of hydrogen-bond donors (Lipinski definition) is 0. The van der Waals surface area contributed by atoms with Crippen LogP contribution in [0.2, 0.25) is 10.0 Å². The second-order valence-corrected chi connectivity index (χ2v) is 7.53. The molecule has 2 rings (SSSR count). The molecule has 0 saturated heterocycles. The van der Waals surface area contributed by atoms with Gasteiger partial charge in [0, 0.05) is 0 Å². The van der Waals surface area contributed by atoms with Crippen LogP contribution in [0, 0.1) is 0 Å². The molecule has 0 saturated carbocycles. The van der Waals surface area contributed by atoms with Gasteiger partial charge in [0.05, 0.1) is 22.0 Å². The predicted octanol–water partition coefficient (Wildman–Crippen LogP) is 5.88. The van der Waals surface area contributed by atoms with Crippen molar-refractivity contribution in [2.24, 2.45) is 0 Å². The molecule has 0 aromatic heterocycles. The molecule has 0 atom stereocenters. The molecule has 0 spiro atoms. The van der Waals surface area contributed by atoms with E-state index in [4.69, 9.17) is 23.2 Å². The van der Waals surface area contributed by atoms with E-state index in [9.17, 15) is 34.8 Å². The molecule has 0 amide bonds. The highest BCUT2D eigenvalue weighted by Crippen LogP contribution is 2.41. The third-order valence-electron chi connectivity index (χ3n) is 3.15. The van der Waals surface area contributed by atoms with Crippen LogP contribution in [0.15, 0.2) is 41.3 Å². The van der Waals surface area contributed by atoms with Crippen molar-refractivity contribution in [3.05, 3.63) is 57.6 Å². The van der Waals surface area contributed by atoms with E-state index >= 15 is 0 Å². The predicted molar refractivity (Wildman–Crippen MR) is 85.5 cm³/mol. The summed E-state index contributed by atoms with van der Waals surface area (Å²) in [7, 11) is -4.86. The molecule has 27 heavy (non-hydrogen) atoms. The van der Waals surface area contributed by atoms with E-state index in [1.807, 2.05) is 0 Å². The lowest BCUT2D eigenvalue weighted by Crippen LogP contribution is -2.18.